The number of allylic oxidation sites excluding steroid dienone is 12. The van der Waals surface area contributed by atoms with E-state index in [1.165, 1.54) is 96.3 Å². The summed E-state index contributed by atoms with van der Waals surface area (Å²) in [7, 11) is -9.60. The monoisotopic (exact) mass is 1030 g/mol. The Morgan fingerprint density at radius 3 is 0.986 bits per heavy atom. The number of rotatable bonds is 50. The van der Waals surface area contributed by atoms with E-state index < -0.39 is 85.5 Å². The van der Waals surface area contributed by atoms with Crippen molar-refractivity contribution in [1.82, 2.24) is 0 Å². The molecule has 0 bridgehead atoms. The average Bonchev–Trinajstić information content (AvgIpc) is 3.34. The Balaban J connectivity index is 3.91. The lowest BCUT2D eigenvalue weighted by atomic mass is 10.0. The second-order valence-corrected chi connectivity index (χ2v) is 20.4. The smallest absolute Gasteiger partial charge is 0.463 e. The van der Waals surface area contributed by atoms with E-state index in [-0.39, 0.29) is 12.8 Å². The molecular weight excluding hydrogens is 939 g/mol. The molecule has 0 saturated carbocycles. The van der Waals surface area contributed by atoms with Gasteiger partial charge in [-0.1, -0.05) is 202 Å². The third-order valence-electron chi connectivity index (χ3n) is 10.7. The van der Waals surface area contributed by atoms with Crippen molar-refractivity contribution < 1.29 is 71.4 Å². The van der Waals surface area contributed by atoms with Gasteiger partial charge < -0.3 is 34.6 Å². The number of aliphatic hydroxyl groups excluding tert-OH is 3. The molecule has 5 N–H and O–H groups in total. The van der Waals surface area contributed by atoms with E-state index >= 15 is 0 Å². The Bertz CT molecular complexity index is 1530. The molecule has 0 aromatic heterocycles. The van der Waals surface area contributed by atoms with Gasteiger partial charge in [0.15, 0.2) is 0 Å². The average molecular weight is 1030 g/mol. The molecule has 0 saturated heterocycles. The maximum absolute atomic E-state index is 12.2. The van der Waals surface area contributed by atoms with E-state index in [4.69, 9.17) is 14.0 Å². The normalized spacial score (nSPS) is 15.5. The number of carbonyl (C=O) groups excluding carboxylic acids is 2. The minimum absolute atomic E-state index is 0.0683. The predicted molar refractivity (Wildman–Crippen MR) is 279 cm³/mol. The van der Waals surface area contributed by atoms with Crippen LogP contribution in [0.25, 0.3) is 0 Å². The van der Waals surface area contributed by atoms with Gasteiger partial charge in [0.05, 0.1) is 26.4 Å². The standard InChI is InChI=1S/C53H94O15P2/c1-3-5-7-9-11-13-15-17-19-21-23-25-27-29-31-33-35-37-39-41-52(57)63-43-49(54)45-65-69(59,60)67-47-51(56)48-68-70(61,62)66-46-50(55)44-64-53(58)42-40-38-36-34-32-30-28-26-24-22-20-18-16-14-12-10-8-6-4-2/h5,7,11,13,17,19,23,25,29,31,35,37,49-51,54-56H,3-4,6,8-10,12,14-16,18,20-22,24,26-28,30,32-34,36,38-48H2,1-2H3,(H,59,60)(H,61,62)/b7-5-,13-11-,19-17-,25-23-,31-29-,37-35-. The molecule has 0 spiro atoms. The van der Waals surface area contributed by atoms with Crippen LogP contribution in [0.2, 0.25) is 0 Å². The largest absolute Gasteiger partial charge is 0.472 e. The molecule has 0 rings (SSSR count). The summed E-state index contributed by atoms with van der Waals surface area (Å²) in [6.07, 6.45) is 50.5. The number of aliphatic hydroxyl groups is 3. The second-order valence-electron chi connectivity index (χ2n) is 17.5. The molecule has 5 atom stereocenters. The second kappa shape index (κ2) is 48.7. The molecule has 0 fully saturated rings. The number of phosphoric ester groups is 2. The number of hydrogen-bond acceptors (Lipinski definition) is 13. The lowest BCUT2D eigenvalue weighted by Crippen LogP contribution is -2.25. The zero-order valence-corrected chi connectivity index (χ0v) is 44.7. The lowest BCUT2D eigenvalue weighted by molar-refractivity contribution is -0.148. The highest BCUT2D eigenvalue weighted by molar-refractivity contribution is 7.47. The first kappa shape index (κ1) is 67.5. The van der Waals surface area contributed by atoms with E-state index in [1.54, 1.807) is 0 Å². The Morgan fingerprint density at radius 2 is 0.657 bits per heavy atom. The first-order valence-corrected chi connectivity index (χ1v) is 29.3. The molecule has 0 radical (unpaired) electrons. The van der Waals surface area contributed by atoms with Crippen LogP contribution in [-0.4, -0.2) is 95.0 Å². The summed E-state index contributed by atoms with van der Waals surface area (Å²) in [6.45, 7) is 0.238. The molecular formula is C53H94O15P2. The molecule has 70 heavy (non-hydrogen) atoms. The van der Waals surface area contributed by atoms with Crippen LogP contribution < -0.4 is 0 Å². The Labute approximate surface area is 422 Å². The molecule has 17 heteroatoms. The van der Waals surface area contributed by atoms with Crippen molar-refractivity contribution in [3.63, 3.8) is 0 Å². The van der Waals surface area contributed by atoms with Gasteiger partial charge in [-0.15, -0.1) is 0 Å². The van der Waals surface area contributed by atoms with Crippen LogP contribution >= 0.6 is 15.6 Å². The lowest BCUT2D eigenvalue weighted by Gasteiger charge is -2.19. The molecule has 406 valence electrons. The van der Waals surface area contributed by atoms with Crippen molar-refractivity contribution in [3.05, 3.63) is 72.9 Å². The van der Waals surface area contributed by atoms with Gasteiger partial charge in [0.25, 0.3) is 0 Å². The Hall–Kier alpha value is -2.52. The minimum atomic E-state index is -4.81. The quantitative estimate of drug-likeness (QED) is 0.0165. The molecule has 0 aliphatic rings. The Kier molecular flexibility index (Phi) is 47.0. The van der Waals surface area contributed by atoms with E-state index in [1.807, 2.05) is 18.2 Å². The predicted octanol–water partition coefficient (Wildman–Crippen LogP) is 12.7. The molecule has 5 unspecified atom stereocenters. The summed E-state index contributed by atoms with van der Waals surface area (Å²) in [4.78, 5) is 43.8. The summed E-state index contributed by atoms with van der Waals surface area (Å²) in [5, 5.41) is 30.1. The summed E-state index contributed by atoms with van der Waals surface area (Å²) < 4.78 is 53.0. The first-order chi connectivity index (χ1) is 33.8. The highest BCUT2D eigenvalue weighted by Crippen LogP contribution is 2.45. The number of esters is 2. The van der Waals surface area contributed by atoms with Crippen LogP contribution in [0.5, 0.6) is 0 Å². The molecule has 0 amide bonds. The van der Waals surface area contributed by atoms with Gasteiger partial charge in [0.1, 0.15) is 31.5 Å². The summed E-state index contributed by atoms with van der Waals surface area (Å²) in [6, 6.07) is 0. The van der Waals surface area contributed by atoms with Crippen LogP contribution in [0.4, 0.5) is 0 Å². The Morgan fingerprint density at radius 1 is 0.386 bits per heavy atom. The van der Waals surface area contributed by atoms with Crippen LogP contribution in [-0.2, 0) is 46.3 Å². The summed E-state index contributed by atoms with van der Waals surface area (Å²) in [5.41, 5.74) is 0. The van der Waals surface area contributed by atoms with Gasteiger partial charge in [-0.3, -0.25) is 27.7 Å². The maximum Gasteiger partial charge on any atom is 0.472 e. The maximum atomic E-state index is 12.2. The molecule has 15 nitrogen and oxygen atoms in total. The third-order valence-corrected chi connectivity index (χ3v) is 12.6. The van der Waals surface area contributed by atoms with Gasteiger partial charge in [-0.05, 0) is 51.4 Å². The van der Waals surface area contributed by atoms with Crippen molar-refractivity contribution in [3.8, 4) is 0 Å². The molecule has 0 aliphatic heterocycles. The van der Waals surface area contributed by atoms with Crippen molar-refractivity contribution in [2.45, 2.75) is 212 Å². The van der Waals surface area contributed by atoms with E-state index in [2.05, 4.69) is 82.1 Å². The van der Waals surface area contributed by atoms with Crippen molar-refractivity contribution in [1.29, 1.82) is 0 Å². The highest BCUT2D eigenvalue weighted by Gasteiger charge is 2.28. The van der Waals surface area contributed by atoms with Crippen molar-refractivity contribution in [2.24, 2.45) is 0 Å². The fraction of sp³-hybridized carbons (Fsp3) is 0.736. The molecule has 0 aromatic rings. The van der Waals surface area contributed by atoms with Crippen LogP contribution in [0.1, 0.15) is 194 Å². The van der Waals surface area contributed by atoms with Gasteiger partial charge in [-0.25, -0.2) is 9.13 Å². The number of carbonyl (C=O) groups is 2. The number of hydrogen-bond donors (Lipinski definition) is 5. The van der Waals surface area contributed by atoms with E-state index in [9.17, 15) is 43.8 Å². The molecule has 0 aliphatic carbocycles. The number of ether oxygens (including phenoxy) is 2. The fourth-order valence-corrected chi connectivity index (χ4v) is 8.24. The topological polar surface area (TPSA) is 225 Å². The van der Waals surface area contributed by atoms with E-state index in [0.717, 1.165) is 51.4 Å². The third kappa shape index (κ3) is 50.4. The minimum Gasteiger partial charge on any atom is -0.463 e. The van der Waals surface area contributed by atoms with Gasteiger partial charge in [0, 0.05) is 12.8 Å². The number of phosphoric acid groups is 2. The molecule has 0 heterocycles. The summed E-state index contributed by atoms with van der Waals surface area (Å²) in [5.74, 6) is -1.08. The van der Waals surface area contributed by atoms with Crippen molar-refractivity contribution >= 4 is 27.6 Å². The zero-order valence-electron chi connectivity index (χ0n) is 42.9. The summed E-state index contributed by atoms with van der Waals surface area (Å²) >= 11 is 0. The highest BCUT2D eigenvalue weighted by atomic mass is 31.2. The van der Waals surface area contributed by atoms with Crippen LogP contribution in [0.15, 0.2) is 72.9 Å². The fourth-order valence-electron chi connectivity index (χ4n) is 6.65. The first-order valence-electron chi connectivity index (χ1n) is 26.3. The molecule has 0 aromatic carbocycles. The number of unbranched alkanes of at least 4 members (excludes halogenated alkanes) is 18. The van der Waals surface area contributed by atoms with Gasteiger partial charge >= 0.3 is 27.6 Å². The van der Waals surface area contributed by atoms with Crippen LogP contribution in [0.3, 0.4) is 0 Å². The van der Waals surface area contributed by atoms with Crippen LogP contribution in [0, 0.1) is 0 Å². The SMILES string of the molecule is CC/C=C\C/C=C\C/C=C\C/C=C\C/C=C\C/C=C\CCC(=O)OCC(O)COP(=O)(O)OCC(O)COP(=O)(O)OCC(O)COC(=O)CCCCCCCCCCCCCCCCCCCCC. The zero-order chi connectivity index (χ0) is 51.7. The van der Waals surface area contributed by atoms with Gasteiger partial charge in [0.2, 0.25) is 0 Å². The van der Waals surface area contributed by atoms with E-state index in [0.29, 0.717) is 19.3 Å². The van der Waals surface area contributed by atoms with Crippen molar-refractivity contribution in [2.75, 3.05) is 39.6 Å². The van der Waals surface area contributed by atoms with Gasteiger partial charge in [-0.2, -0.15) is 0 Å².